The van der Waals surface area contributed by atoms with Crippen molar-refractivity contribution in [1.82, 2.24) is 19.4 Å². The van der Waals surface area contributed by atoms with E-state index >= 15 is 0 Å². The van der Waals surface area contributed by atoms with Crippen LogP contribution < -0.4 is 0 Å². The second-order valence-electron chi connectivity index (χ2n) is 5.33. The molecule has 0 fully saturated rings. The van der Waals surface area contributed by atoms with Crippen LogP contribution in [0, 0.1) is 0 Å². The second-order valence-corrected chi connectivity index (χ2v) is 6.25. The molecule has 1 atom stereocenters. The van der Waals surface area contributed by atoms with E-state index in [1.807, 2.05) is 61.3 Å². The highest BCUT2D eigenvalue weighted by Crippen LogP contribution is 2.23. The molecule has 3 rings (SSSR count). The van der Waals surface area contributed by atoms with Crippen LogP contribution >= 0.6 is 11.3 Å². The molecule has 23 heavy (non-hydrogen) atoms. The van der Waals surface area contributed by atoms with Gasteiger partial charge in [-0.25, -0.2) is 4.98 Å². The lowest BCUT2D eigenvalue weighted by Crippen LogP contribution is -2.32. The predicted octanol–water partition coefficient (Wildman–Crippen LogP) is 3.23. The van der Waals surface area contributed by atoms with Crippen LogP contribution in [0.15, 0.2) is 54.4 Å². The zero-order chi connectivity index (χ0) is 16.2. The first-order chi connectivity index (χ1) is 11.2. The molecule has 0 aliphatic rings. The van der Waals surface area contributed by atoms with Crippen LogP contribution in [0.2, 0.25) is 0 Å². The van der Waals surface area contributed by atoms with E-state index in [4.69, 9.17) is 0 Å². The summed E-state index contributed by atoms with van der Waals surface area (Å²) in [6.07, 6.45) is 5.37. The van der Waals surface area contributed by atoms with Crippen LogP contribution in [0.3, 0.4) is 0 Å². The molecule has 0 aliphatic heterocycles. The molecule has 1 amide bonds. The fraction of sp³-hybridized carbons (Fsp3) is 0.235. The lowest BCUT2D eigenvalue weighted by molar-refractivity contribution is -0.132. The van der Waals surface area contributed by atoms with Gasteiger partial charge in [0.1, 0.15) is 12.4 Å². The van der Waals surface area contributed by atoms with Crippen molar-refractivity contribution in [2.45, 2.75) is 19.5 Å². The minimum Gasteiger partial charge on any atom is -0.337 e. The van der Waals surface area contributed by atoms with Gasteiger partial charge >= 0.3 is 0 Å². The number of imidazole rings is 1. The minimum atomic E-state index is 0.0127. The number of benzene rings is 1. The van der Waals surface area contributed by atoms with Gasteiger partial charge in [0.2, 0.25) is 5.91 Å². The number of amides is 1. The molecule has 2 aromatic heterocycles. The number of carbonyl (C=O) groups is 1. The molecule has 3 aromatic rings. The summed E-state index contributed by atoms with van der Waals surface area (Å²) in [5, 5.41) is 0. The summed E-state index contributed by atoms with van der Waals surface area (Å²) >= 11 is 1.56. The Morgan fingerprint density at radius 3 is 2.83 bits per heavy atom. The van der Waals surface area contributed by atoms with Crippen molar-refractivity contribution in [2.75, 3.05) is 7.05 Å². The summed E-state index contributed by atoms with van der Waals surface area (Å²) in [5.74, 6) is 0.846. The van der Waals surface area contributed by atoms with Gasteiger partial charge in [-0.05, 0) is 6.92 Å². The van der Waals surface area contributed by atoms with Crippen LogP contribution in [0.25, 0.3) is 11.4 Å². The molecular formula is C17H18N4OS. The van der Waals surface area contributed by atoms with E-state index in [0.717, 1.165) is 16.3 Å². The number of rotatable bonds is 5. The van der Waals surface area contributed by atoms with Crippen LogP contribution in [0.5, 0.6) is 0 Å². The van der Waals surface area contributed by atoms with E-state index in [1.54, 1.807) is 27.9 Å². The Hall–Kier alpha value is -2.47. The number of thiazole rings is 1. The van der Waals surface area contributed by atoms with Crippen LogP contribution in [0.1, 0.15) is 17.8 Å². The number of likely N-dealkylation sites (N-methyl/N-ethyl adjacent to an activating group) is 1. The lowest BCUT2D eigenvalue weighted by atomic mass is 10.2. The number of hydrogen-bond acceptors (Lipinski definition) is 4. The first-order valence-electron chi connectivity index (χ1n) is 7.37. The highest BCUT2D eigenvalue weighted by molar-refractivity contribution is 7.09. The fourth-order valence-electron chi connectivity index (χ4n) is 2.38. The molecule has 0 spiro atoms. The molecule has 6 heteroatoms. The maximum atomic E-state index is 12.6. The van der Waals surface area contributed by atoms with Gasteiger partial charge in [-0.15, -0.1) is 11.3 Å². The molecule has 2 heterocycles. The molecule has 5 nitrogen and oxygen atoms in total. The smallest absolute Gasteiger partial charge is 0.242 e. The van der Waals surface area contributed by atoms with Crippen LogP contribution in [-0.4, -0.2) is 32.4 Å². The summed E-state index contributed by atoms with van der Waals surface area (Å²) in [6, 6.07) is 9.90. The van der Waals surface area contributed by atoms with E-state index in [2.05, 4.69) is 9.97 Å². The third kappa shape index (κ3) is 3.32. The maximum absolute atomic E-state index is 12.6. The monoisotopic (exact) mass is 326 g/mol. The molecule has 0 bridgehead atoms. The van der Waals surface area contributed by atoms with Crippen LogP contribution in [-0.2, 0) is 11.3 Å². The molecule has 0 saturated heterocycles. The van der Waals surface area contributed by atoms with Gasteiger partial charge in [-0.2, -0.15) is 0 Å². The van der Waals surface area contributed by atoms with Crippen molar-refractivity contribution in [1.29, 1.82) is 0 Å². The Kier molecular flexibility index (Phi) is 4.52. The van der Waals surface area contributed by atoms with E-state index in [1.165, 1.54) is 0 Å². The number of nitrogens with zero attached hydrogens (tertiary/aromatic N) is 4. The maximum Gasteiger partial charge on any atom is 0.242 e. The molecule has 0 radical (unpaired) electrons. The summed E-state index contributed by atoms with van der Waals surface area (Å²) < 4.78 is 1.88. The average Bonchev–Trinajstić information content (AvgIpc) is 3.26. The summed E-state index contributed by atoms with van der Waals surface area (Å²) in [6.45, 7) is 2.28. The molecule has 0 unspecified atom stereocenters. The summed E-state index contributed by atoms with van der Waals surface area (Å²) in [4.78, 5) is 23.9. The van der Waals surface area contributed by atoms with Gasteiger partial charge in [0.15, 0.2) is 0 Å². The standard InChI is InChI=1S/C17H18N4OS/c1-13(15-10-18-12-23-15)20(2)16(22)11-21-9-8-19-17(21)14-6-4-3-5-7-14/h3-10,12-13H,11H2,1-2H3/t13-/m1/s1. The number of hydrogen-bond donors (Lipinski definition) is 0. The average molecular weight is 326 g/mol. The Bertz CT molecular complexity index is 767. The van der Waals surface area contributed by atoms with Crippen molar-refractivity contribution >= 4 is 17.2 Å². The Morgan fingerprint density at radius 2 is 2.13 bits per heavy atom. The first-order valence-corrected chi connectivity index (χ1v) is 8.25. The van der Waals surface area contributed by atoms with Crippen molar-refractivity contribution in [3.63, 3.8) is 0 Å². The minimum absolute atomic E-state index is 0.0127. The van der Waals surface area contributed by atoms with Gasteiger partial charge in [0.05, 0.1) is 11.6 Å². The highest BCUT2D eigenvalue weighted by atomic mass is 32.1. The normalized spacial score (nSPS) is 12.1. The molecular weight excluding hydrogens is 308 g/mol. The number of carbonyl (C=O) groups excluding carboxylic acids is 1. The zero-order valence-corrected chi connectivity index (χ0v) is 13.9. The molecule has 0 saturated carbocycles. The third-order valence-electron chi connectivity index (χ3n) is 3.89. The molecule has 118 valence electrons. The first kappa shape index (κ1) is 15.4. The van der Waals surface area contributed by atoms with Crippen molar-refractivity contribution in [2.24, 2.45) is 0 Å². The van der Waals surface area contributed by atoms with Gasteiger partial charge < -0.3 is 9.47 Å². The zero-order valence-electron chi connectivity index (χ0n) is 13.1. The van der Waals surface area contributed by atoms with E-state index in [9.17, 15) is 4.79 Å². The Balaban J connectivity index is 1.75. The van der Waals surface area contributed by atoms with E-state index in [0.29, 0.717) is 0 Å². The molecule has 0 N–H and O–H groups in total. The summed E-state index contributed by atoms with van der Waals surface area (Å²) in [5.41, 5.74) is 2.79. The highest BCUT2D eigenvalue weighted by Gasteiger charge is 2.19. The van der Waals surface area contributed by atoms with E-state index < -0.39 is 0 Å². The largest absolute Gasteiger partial charge is 0.337 e. The van der Waals surface area contributed by atoms with Gasteiger partial charge in [0, 0.05) is 36.1 Å². The second kappa shape index (κ2) is 6.75. The Morgan fingerprint density at radius 1 is 1.35 bits per heavy atom. The van der Waals surface area contributed by atoms with Crippen molar-refractivity contribution < 1.29 is 4.79 Å². The topological polar surface area (TPSA) is 51.0 Å². The van der Waals surface area contributed by atoms with Crippen LogP contribution in [0.4, 0.5) is 0 Å². The predicted molar refractivity (Wildman–Crippen MR) is 91.0 cm³/mol. The van der Waals surface area contributed by atoms with Gasteiger partial charge in [-0.3, -0.25) is 9.78 Å². The van der Waals surface area contributed by atoms with Crippen molar-refractivity contribution in [3.8, 4) is 11.4 Å². The van der Waals surface area contributed by atoms with Gasteiger partial charge in [-0.1, -0.05) is 30.3 Å². The molecule has 1 aromatic carbocycles. The number of aromatic nitrogens is 3. The van der Waals surface area contributed by atoms with Crippen molar-refractivity contribution in [3.05, 3.63) is 59.3 Å². The Labute approximate surface area is 139 Å². The third-order valence-corrected chi connectivity index (χ3v) is 4.84. The lowest BCUT2D eigenvalue weighted by Gasteiger charge is -2.24. The van der Waals surface area contributed by atoms with Gasteiger partial charge in [0.25, 0.3) is 0 Å². The quantitative estimate of drug-likeness (QED) is 0.723. The van der Waals surface area contributed by atoms with E-state index in [-0.39, 0.29) is 18.5 Å². The molecule has 0 aliphatic carbocycles. The summed E-state index contributed by atoms with van der Waals surface area (Å²) in [7, 11) is 1.83. The SMILES string of the molecule is C[C@H](c1cncs1)N(C)C(=O)Cn1ccnc1-c1ccccc1. The fourth-order valence-corrected chi connectivity index (χ4v) is 3.10.